The normalized spacial score (nSPS) is 13.0. The average Bonchev–Trinajstić information content (AvgIpc) is 2.16. The Balaban J connectivity index is 2.67. The molecule has 0 amide bonds. The summed E-state index contributed by atoms with van der Waals surface area (Å²) in [6.45, 7) is 0. The van der Waals surface area contributed by atoms with Gasteiger partial charge in [-0.1, -0.05) is 23.7 Å². The molecule has 14 heavy (non-hydrogen) atoms. The van der Waals surface area contributed by atoms with Crippen LogP contribution in [0.25, 0.3) is 10.8 Å². The third kappa shape index (κ3) is 1.92. The molecule has 2 rings (SSSR count). The van der Waals surface area contributed by atoms with Gasteiger partial charge in [0.1, 0.15) is 10.0 Å². The molecule has 2 aromatic carbocycles. The van der Waals surface area contributed by atoms with Crippen molar-refractivity contribution in [2.24, 2.45) is 0 Å². The SMILES string of the molecule is O=S(Cl)c1ccc2cc(Cl)ccc2c1. The zero-order chi connectivity index (χ0) is 10.1. The zero-order valence-electron chi connectivity index (χ0n) is 7.04. The summed E-state index contributed by atoms with van der Waals surface area (Å²) < 4.78 is 11.0. The lowest BCUT2D eigenvalue weighted by atomic mass is 10.1. The van der Waals surface area contributed by atoms with Crippen molar-refractivity contribution in [1.82, 2.24) is 0 Å². The Morgan fingerprint density at radius 3 is 2.36 bits per heavy atom. The highest BCUT2D eigenvalue weighted by molar-refractivity contribution is 8.08. The molecule has 0 radical (unpaired) electrons. The Labute approximate surface area is 93.6 Å². The van der Waals surface area contributed by atoms with Gasteiger partial charge in [0, 0.05) is 5.02 Å². The van der Waals surface area contributed by atoms with Crippen LogP contribution in [0.5, 0.6) is 0 Å². The number of halogens is 2. The minimum atomic E-state index is -1.45. The maximum atomic E-state index is 11.0. The zero-order valence-corrected chi connectivity index (χ0v) is 9.36. The lowest BCUT2D eigenvalue weighted by molar-refractivity contribution is 0.691. The lowest BCUT2D eigenvalue weighted by Crippen LogP contribution is -1.81. The third-order valence-electron chi connectivity index (χ3n) is 1.96. The summed E-state index contributed by atoms with van der Waals surface area (Å²) in [5.41, 5.74) is 0. The van der Waals surface area contributed by atoms with Crippen molar-refractivity contribution in [3.63, 3.8) is 0 Å². The maximum absolute atomic E-state index is 11.0. The Hall–Kier alpha value is -0.570. The molecule has 0 saturated heterocycles. The maximum Gasteiger partial charge on any atom is 0.147 e. The lowest BCUT2D eigenvalue weighted by Gasteiger charge is -2.00. The van der Waals surface area contributed by atoms with Crippen LogP contribution in [0.4, 0.5) is 0 Å². The van der Waals surface area contributed by atoms with Crippen molar-refractivity contribution in [1.29, 1.82) is 0 Å². The van der Waals surface area contributed by atoms with E-state index in [9.17, 15) is 4.21 Å². The molecule has 1 unspecified atom stereocenters. The van der Waals surface area contributed by atoms with Crippen molar-refractivity contribution < 1.29 is 4.21 Å². The molecule has 0 aliphatic carbocycles. The summed E-state index contributed by atoms with van der Waals surface area (Å²) in [7, 11) is 4.03. The second-order valence-electron chi connectivity index (χ2n) is 2.88. The van der Waals surface area contributed by atoms with Gasteiger partial charge >= 0.3 is 0 Å². The molecule has 0 aromatic heterocycles. The molecule has 0 aliphatic heterocycles. The summed E-state index contributed by atoms with van der Waals surface area (Å²) in [4.78, 5) is 0.612. The standard InChI is InChI=1S/C10H6Cl2OS/c11-9-3-1-8-6-10(14(12)13)4-2-7(8)5-9/h1-6H. The number of hydrogen-bond acceptors (Lipinski definition) is 1. The predicted molar refractivity (Wildman–Crippen MR) is 61.2 cm³/mol. The molecule has 4 heteroatoms. The number of rotatable bonds is 1. The fraction of sp³-hybridized carbons (Fsp3) is 0. The van der Waals surface area contributed by atoms with E-state index in [1.165, 1.54) is 0 Å². The van der Waals surface area contributed by atoms with E-state index in [2.05, 4.69) is 0 Å². The Bertz CT molecular complexity index is 510. The van der Waals surface area contributed by atoms with E-state index in [1.807, 2.05) is 18.2 Å². The predicted octanol–water partition coefficient (Wildman–Crippen LogP) is 3.75. The second-order valence-corrected chi connectivity index (χ2v) is 5.07. The van der Waals surface area contributed by atoms with Crippen LogP contribution in [0.3, 0.4) is 0 Å². The van der Waals surface area contributed by atoms with Crippen LogP contribution in [-0.2, 0) is 10.0 Å². The monoisotopic (exact) mass is 244 g/mol. The van der Waals surface area contributed by atoms with Crippen LogP contribution in [0.2, 0.25) is 5.02 Å². The quantitative estimate of drug-likeness (QED) is 0.699. The van der Waals surface area contributed by atoms with E-state index < -0.39 is 10.0 Å². The number of fused-ring (bicyclic) bond motifs is 1. The van der Waals surface area contributed by atoms with Crippen LogP contribution in [0, 0.1) is 0 Å². The minimum Gasteiger partial charge on any atom is -0.237 e. The van der Waals surface area contributed by atoms with Crippen LogP contribution in [-0.4, -0.2) is 4.21 Å². The smallest absolute Gasteiger partial charge is 0.147 e. The van der Waals surface area contributed by atoms with Crippen molar-refractivity contribution in [2.45, 2.75) is 4.90 Å². The highest BCUT2D eigenvalue weighted by atomic mass is 35.7. The molecule has 0 spiro atoms. The van der Waals surface area contributed by atoms with Crippen LogP contribution in [0.1, 0.15) is 0 Å². The van der Waals surface area contributed by atoms with Gasteiger partial charge in [0.15, 0.2) is 0 Å². The summed E-state index contributed by atoms with van der Waals surface area (Å²) in [6.07, 6.45) is 0. The van der Waals surface area contributed by atoms with Crippen molar-refractivity contribution in [3.05, 3.63) is 41.4 Å². The fourth-order valence-corrected chi connectivity index (χ4v) is 2.16. The molecule has 0 fully saturated rings. The van der Waals surface area contributed by atoms with Crippen molar-refractivity contribution >= 4 is 43.1 Å². The van der Waals surface area contributed by atoms with Gasteiger partial charge in [-0.25, -0.2) is 4.21 Å². The van der Waals surface area contributed by atoms with Gasteiger partial charge in [0.25, 0.3) is 0 Å². The molecule has 0 saturated carbocycles. The van der Waals surface area contributed by atoms with Gasteiger partial charge in [-0.15, -0.1) is 0 Å². The van der Waals surface area contributed by atoms with Gasteiger partial charge in [-0.05, 0) is 45.7 Å². The van der Waals surface area contributed by atoms with E-state index in [4.69, 9.17) is 22.3 Å². The Morgan fingerprint density at radius 2 is 1.64 bits per heavy atom. The molecule has 0 aliphatic rings. The fourth-order valence-electron chi connectivity index (χ4n) is 1.29. The summed E-state index contributed by atoms with van der Waals surface area (Å²) in [6, 6.07) is 10.9. The second kappa shape index (κ2) is 3.89. The highest BCUT2D eigenvalue weighted by Crippen LogP contribution is 2.22. The number of benzene rings is 2. The van der Waals surface area contributed by atoms with Crippen LogP contribution in [0.15, 0.2) is 41.3 Å². The molecule has 0 heterocycles. The van der Waals surface area contributed by atoms with Gasteiger partial charge in [-0.2, -0.15) is 0 Å². The Morgan fingerprint density at radius 1 is 1.00 bits per heavy atom. The molecule has 2 aromatic rings. The van der Waals surface area contributed by atoms with Gasteiger partial charge < -0.3 is 0 Å². The van der Waals surface area contributed by atoms with Gasteiger partial charge in [0.05, 0.1) is 4.90 Å². The first-order chi connectivity index (χ1) is 6.66. The first kappa shape index (κ1) is 9.97. The molecular weight excluding hydrogens is 239 g/mol. The van der Waals surface area contributed by atoms with E-state index in [0.717, 1.165) is 10.8 Å². The van der Waals surface area contributed by atoms with E-state index >= 15 is 0 Å². The first-order valence-corrected chi connectivity index (χ1v) is 6.29. The third-order valence-corrected chi connectivity index (χ3v) is 3.35. The molecule has 1 nitrogen and oxygen atoms in total. The van der Waals surface area contributed by atoms with Crippen molar-refractivity contribution in [2.75, 3.05) is 0 Å². The topological polar surface area (TPSA) is 17.1 Å². The van der Waals surface area contributed by atoms with E-state index in [-0.39, 0.29) is 0 Å². The van der Waals surface area contributed by atoms with Crippen LogP contribution < -0.4 is 0 Å². The molecular formula is C10H6Cl2OS. The highest BCUT2D eigenvalue weighted by Gasteiger charge is 2.01. The summed E-state index contributed by atoms with van der Waals surface area (Å²) in [5, 5.41) is 2.70. The molecule has 0 N–H and O–H groups in total. The summed E-state index contributed by atoms with van der Waals surface area (Å²) >= 11 is 5.83. The van der Waals surface area contributed by atoms with Crippen molar-refractivity contribution in [3.8, 4) is 0 Å². The molecule has 0 bridgehead atoms. The van der Waals surface area contributed by atoms with Gasteiger partial charge in [0.2, 0.25) is 0 Å². The van der Waals surface area contributed by atoms with Crippen LogP contribution >= 0.6 is 22.3 Å². The minimum absolute atomic E-state index is 0.612. The van der Waals surface area contributed by atoms with Gasteiger partial charge in [-0.3, -0.25) is 0 Å². The average molecular weight is 245 g/mol. The molecule has 1 atom stereocenters. The first-order valence-electron chi connectivity index (χ1n) is 3.94. The summed E-state index contributed by atoms with van der Waals surface area (Å²) in [5.74, 6) is 0. The van der Waals surface area contributed by atoms with E-state index in [1.54, 1.807) is 18.2 Å². The largest absolute Gasteiger partial charge is 0.237 e. The van der Waals surface area contributed by atoms with E-state index in [0.29, 0.717) is 9.92 Å². The number of hydrogen-bond donors (Lipinski definition) is 0. The molecule has 72 valence electrons. The Kier molecular flexibility index (Phi) is 2.77.